The number of amides is 1. The van der Waals surface area contributed by atoms with Crippen molar-refractivity contribution in [3.05, 3.63) is 78.4 Å². The van der Waals surface area contributed by atoms with Crippen LogP contribution in [0.5, 0.6) is 0 Å². The van der Waals surface area contributed by atoms with Crippen LogP contribution in [-0.4, -0.2) is 39.8 Å². The zero-order chi connectivity index (χ0) is 18.9. The Kier molecular flexibility index (Phi) is 6.30. The van der Waals surface area contributed by atoms with E-state index in [2.05, 4.69) is 27.5 Å². The van der Waals surface area contributed by atoms with Crippen LogP contribution in [0.4, 0.5) is 0 Å². The lowest BCUT2D eigenvalue weighted by molar-refractivity contribution is -0.124. The SMILES string of the molecule is O=C(COC(=O)c1ccc(-n2cncn2)cc1)NCCCc1ccccc1. The minimum atomic E-state index is -0.542. The summed E-state index contributed by atoms with van der Waals surface area (Å²) in [6.45, 7) is 0.243. The molecule has 0 unspecified atom stereocenters. The third-order valence-electron chi connectivity index (χ3n) is 3.93. The minimum Gasteiger partial charge on any atom is -0.452 e. The molecule has 3 rings (SSSR count). The van der Waals surface area contributed by atoms with Gasteiger partial charge in [-0.2, -0.15) is 5.10 Å². The van der Waals surface area contributed by atoms with E-state index in [1.807, 2.05) is 18.2 Å². The Morgan fingerprint density at radius 1 is 1.04 bits per heavy atom. The number of carbonyl (C=O) groups excluding carboxylic acids is 2. The number of aryl methyl sites for hydroxylation is 1. The molecule has 0 aliphatic heterocycles. The average Bonchev–Trinajstić information content (AvgIpc) is 3.25. The zero-order valence-corrected chi connectivity index (χ0v) is 14.7. The van der Waals surface area contributed by atoms with Gasteiger partial charge in [-0.05, 0) is 42.7 Å². The van der Waals surface area contributed by atoms with Crippen LogP contribution < -0.4 is 5.32 Å². The van der Waals surface area contributed by atoms with Gasteiger partial charge in [-0.3, -0.25) is 4.79 Å². The highest BCUT2D eigenvalue weighted by molar-refractivity contribution is 5.91. The first kappa shape index (κ1) is 18.3. The van der Waals surface area contributed by atoms with Gasteiger partial charge in [0.05, 0.1) is 11.3 Å². The smallest absolute Gasteiger partial charge is 0.338 e. The Bertz CT molecular complexity index is 862. The molecule has 138 valence electrons. The van der Waals surface area contributed by atoms with Gasteiger partial charge < -0.3 is 10.1 Å². The first-order chi connectivity index (χ1) is 13.2. The maximum Gasteiger partial charge on any atom is 0.338 e. The third kappa shape index (κ3) is 5.50. The lowest BCUT2D eigenvalue weighted by Crippen LogP contribution is -2.29. The molecule has 0 bridgehead atoms. The van der Waals surface area contributed by atoms with Crippen LogP contribution in [0.1, 0.15) is 22.3 Å². The maximum atomic E-state index is 12.0. The van der Waals surface area contributed by atoms with Crippen molar-refractivity contribution in [2.75, 3.05) is 13.2 Å². The van der Waals surface area contributed by atoms with Gasteiger partial charge in [-0.25, -0.2) is 14.5 Å². The number of carbonyl (C=O) groups is 2. The number of nitrogens with one attached hydrogen (secondary N) is 1. The van der Waals surface area contributed by atoms with Gasteiger partial charge in [0, 0.05) is 6.54 Å². The van der Waals surface area contributed by atoms with Crippen LogP contribution >= 0.6 is 0 Å². The Labute approximate surface area is 157 Å². The van der Waals surface area contributed by atoms with Crippen molar-refractivity contribution in [1.29, 1.82) is 0 Å². The summed E-state index contributed by atoms with van der Waals surface area (Å²) >= 11 is 0. The molecule has 3 aromatic rings. The lowest BCUT2D eigenvalue weighted by atomic mass is 10.1. The second-order valence-electron chi connectivity index (χ2n) is 5.90. The van der Waals surface area contributed by atoms with Gasteiger partial charge in [0.25, 0.3) is 5.91 Å². The molecule has 1 aromatic heterocycles. The van der Waals surface area contributed by atoms with Gasteiger partial charge in [0.2, 0.25) is 0 Å². The molecule has 0 radical (unpaired) electrons. The number of hydrogen-bond donors (Lipinski definition) is 1. The second kappa shape index (κ2) is 9.28. The van der Waals surface area contributed by atoms with Gasteiger partial charge >= 0.3 is 5.97 Å². The number of ether oxygens (including phenoxy) is 1. The number of benzene rings is 2. The van der Waals surface area contributed by atoms with E-state index in [1.54, 1.807) is 35.3 Å². The first-order valence-corrected chi connectivity index (χ1v) is 8.65. The third-order valence-corrected chi connectivity index (χ3v) is 3.93. The summed E-state index contributed by atoms with van der Waals surface area (Å²) in [7, 11) is 0. The first-order valence-electron chi connectivity index (χ1n) is 8.65. The van der Waals surface area contributed by atoms with Crippen molar-refractivity contribution in [2.24, 2.45) is 0 Å². The van der Waals surface area contributed by atoms with Gasteiger partial charge in [0.15, 0.2) is 6.61 Å². The van der Waals surface area contributed by atoms with Crippen LogP contribution in [0.3, 0.4) is 0 Å². The number of nitrogens with zero attached hydrogens (tertiary/aromatic N) is 3. The monoisotopic (exact) mass is 364 g/mol. The topological polar surface area (TPSA) is 86.1 Å². The lowest BCUT2D eigenvalue weighted by Gasteiger charge is -2.07. The molecule has 0 atom stereocenters. The molecule has 0 saturated carbocycles. The molecular weight excluding hydrogens is 344 g/mol. The summed E-state index contributed by atoms with van der Waals surface area (Å²) in [6.07, 6.45) is 4.71. The second-order valence-corrected chi connectivity index (χ2v) is 5.90. The van der Waals surface area contributed by atoms with E-state index >= 15 is 0 Å². The van der Waals surface area contributed by atoms with Gasteiger partial charge in [-0.15, -0.1) is 0 Å². The number of aromatic nitrogens is 3. The Morgan fingerprint density at radius 3 is 2.52 bits per heavy atom. The van der Waals surface area contributed by atoms with E-state index in [0.29, 0.717) is 12.1 Å². The van der Waals surface area contributed by atoms with Gasteiger partial charge in [-0.1, -0.05) is 30.3 Å². The number of rotatable bonds is 8. The van der Waals surface area contributed by atoms with E-state index in [-0.39, 0.29) is 12.5 Å². The van der Waals surface area contributed by atoms with Crippen LogP contribution in [0.25, 0.3) is 5.69 Å². The zero-order valence-electron chi connectivity index (χ0n) is 14.7. The van der Waals surface area contributed by atoms with E-state index in [1.165, 1.54) is 11.9 Å². The maximum absolute atomic E-state index is 12.0. The molecule has 0 saturated heterocycles. The number of hydrogen-bond acceptors (Lipinski definition) is 5. The Morgan fingerprint density at radius 2 is 1.81 bits per heavy atom. The predicted molar refractivity (Wildman–Crippen MR) is 99.4 cm³/mol. The fourth-order valence-electron chi connectivity index (χ4n) is 2.52. The summed E-state index contributed by atoms with van der Waals surface area (Å²) in [4.78, 5) is 27.7. The molecule has 27 heavy (non-hydrogen) atoms. The van der Waals surface area contributed by atoms with Crippen LogP contribution in [0.2, 0.25) is 0 Å². The van der Waals surface area contributed by atoms with Crippen molar-refractivity contribution in [2.45, 2.75) is 12.8 Å². The predicted octanol–water partition coefficient (Wildman–Crippen LogP) is 2.17. The summed E-state index contributed by atoms with van der Waals surface area (Å²) in [5.41, 5.74) is 2.38. The Balaban J connectivity index is 1.37. The van der Waals surface area contributed by atoms with Crippen LogP contribution in [0, 0.1) is 0 Å². The van der Waals surface area contributed by atoms with Crippen molar-refractivity contribution in [1.82, 2.24) is 20.1 Å². The summed E-state index contributed by atoms with van der Waals surface area (Å²) in [6, 6.07) is 16.8. The fourth-order valence-corrected chi connectivity index (χ4v) is 2.52. The largest absolute Gasteiger partial charge is 0.452 e. The van der Waals surface area contributed by atoms with E-state index in [4.69, 9.17) is 4.74 Å². The molecule has 0 fully saturated rings. The summed E-state index contributed by atoms with van der Waals surface area (Å²) < 4.78 is 6.63. The molecule has 0 spiro atoms. The average molecular weight is 364 g/mol. The van der Waals surface area contributed by atoms with Crippen LogP contribution in [0.15, 0.2) is 67.3 Å². The van der Waals surface area contributed by atoms with Crippen molar-refractivity contribution in [3.8, 4) is 5.69 Å². The summed E-state index contributed by atoms with van der Waals surface area (Å²) in [5.74, 6) is -0.852. The molecule has 1 heterocycles. The molecule has 2 aromatic carbocycles. The van der Waals surface area contributed by atoms with Crippen molar-refractivity contribution < 1.29 is 14.3 Å². The molecule has 7 nitrogen and oxygen atoms in total. The molecule has 1 amide bonds. The highest BCUT2D eigenvalue weighted by Crippen LogP contribution is 2.09. The molecule has 1 N–H and O–H groups in total. The van der Waals surface area contributed by atoms with Crippen molar-refractivity contribution >= 4 is 11.9 Å². The fraction of sp³-hybridized carbons (Fsp3) is 0.200. The molecule has 0 aliphatic rings. The van der Waals surface area contributed by atoms with Gasteiger partial charge in [0.1, 0.15) is 12.7 Å². The number of esters is 1. The molecule has 7 heteroatoms. The minimum absolute atomic E-state index is 0.297. The highest BCUT2D eigenvalue weighted by Gasteiger charge is 2.10. The normalized spacial score (nSPS) is 10.4. The summed E-state index contributed by atoms with van der Waals surface area (Å²) in [5, 5.41) is 6.76. The van der Waals surface area contributed by atoms with E-state index in [9.17, 15) is 9.59 Å². The van der Waals surface area contributed by atoms with E-state index in [0.717, 1.165) is 18.5 Å². The van der Waals surface area contributed by atoms with Crippen LogP contribution in [-0.2, 0) is 16.0 Å². The molecular formula is C20H20N4O3. The highest BCUT2D eigenvalue weighted by atomic mass is 16.5. The molecule has 0 aliphatic carbocycles. The Hall–Kier alpha value is -3.48. The quantitative estimate of drug-likeness (QED) is 0.489. The van der Waals surface area contributed by atoms with Crippen molar-refractivity contribution in [3.63, 3.8) is 0 Å². The standard InChI is InChI=1S/C20H20N4O3/c25-19(22-12-4-7-16-5-2-1-3-6-16)13-27-20(26)17-8-10-18(11-9-17)24-15-21-14-23-24/h1-3,5-6,8-11,14-15H,4,7,12-13H2,(H,22,25). The van der Waals surface area contributed by atoms with E-state index < -0.39 is 5.97 Å².